The first-order chi connectivity index (χ1) is 32.3. The van der Waals surface area contributed by atoms with Crippen LogP contribution in [0.1, 0.15) is 56.0 Å². The van der Waals surface area contributed by atoms with Crippen LogP contribution in [0.2, 0.25) is 5.02 Å². The molecule has 3 N–H and O–H groups in total. The number of carbonyl (C=O) groups is 1. The lowest BCUT2D eigenvalue weighted by molar-refractivity contribution is -0.0435. The van der Waals surface area contributed by atoms with Crippen LogP contribution < -0.4 is 19.7 Å². The Labute approximate surface area is 399 Å². The number of nitrogens with one attached hydrogen (secondary N) is 3. The standard InChI is InChI=1S/C48H55ClF3N7O7S2/c1-32(2)47(3)14-12-40(33-4-6-36(49)7-5-33)35(29-47)31-58-18-20-59(21-19-58)37-8-10-41(43(27-37)66-38-26-34-13-15-54-45(34)55-30-38)46(60)56-68(63,64)39-9-11-42(44(28-39)67(61,62)48(50,51)52)53-16-17-57-22-24-65-25-23-57/h4-11,13,15,26-28,30,32,53H,12,14,16-25,29,31H2,1-3H3,(H,54,55)(H,56,60)/t47-/m0/s1. The molecule has 3 aromatic carbocycles. The first kappa shape index (κ1) is 49.2. The van der Waals surface area contributed by atoms with Crippen LogP contribution in [0, 0.1) is 11.3 Å². The van der Waals surface area contributed by atoms with Crippen LogP contribution in [0.5, 0.6) is 11.5 Å². The van der Waals surface area contributed by atoms with Gasteiger partial charge in [0.05, 0.1) is 35.6 Å². The number of halogens is 4. The molecule has 4 heterocycles. The molecule has 8 rings (SSSR count). The summed E-state index contributed by atoms with van der Waals surface area (Å²) >= 11 is 6.26. The van der Waals surface area contributed by atoms with Gasteiger partial charge < -0.3 is 24.7 Å². The number of anilines is 2. The molecule has 364 valence electrons. The van der Waals surface area contributed by atoms with Gasteiger partial charge in [-0.05, 0) is 96.3 Å². The number of pyridine rings is 1. The van der Waals surface area contributed by atoms with Gasteiger partial charge in [0.2, 0.25) is 0 Å². The van der Waals surface area contributed by atoms with Crippen molar-refractivity contribution in [2.24, 2.45) is 11.3 Å². The molecule has 3 aliphatic rings. The number of aromatic nitrogens is 2. The summed E-state index contributed by atoms with van der Waals surface area (Å²) in [5.74, 6) is -0.406. The molecule has 14 nitrogen and oxygen atoms in total. The topological polar surface area (TPSA) is 166 Å². The van der Waals surface area contributed by atoms with Crippen molar-refractivity contribution in [3.63, 3.8) is 0 Å². The van der Waals surface area contributed by atoms with E-state index in [1.54, 1.807) is 30.5 Å². The third kappa shape index (κ3) is 11.0. The number of piperazine rings is 1. The number of rotatable bonds is 15. The normalized spacial score (nSPS) is 19.1. The Balaban J connectivity index is 1.03. The summed E-state index contributed by atoms with van der Waals surface area (Å²) in [5, 5.41) is 4.13. The van der Waals surface area contributed by atoms with Gasteiger partial charge in [-0.25, -0.2) is 26.5 Å². The highest BCUT2D eigenvalue weighted by Gasteiger charge is 2.48. The number of fused-ring (bicyclic) bond motifs is 1. The predicted octanol–water partition coefficient (Wildman–Crippen LogP) is 8.59. The molecule has 0 saturated carbocycles. The van der Waals surface area contributed by atoms with Crippen LogP contribution in [0.3, 0.4) is 0 Å². The maximum absolute atomic E-state index is 14.0. The number of alkyl halides is 3. The highest BCUT2D eigenvalue weighted by molar-refractivity contribution is 7.92. The van der Waals surface area contributed by atoms with E-state index in [1.807, 2.05) is 21.8 Å². The zero-order valence-corrected chi connectivity index (χ0v) is 40.4. The number of carbonyl (C=O) groups excluding carboxylic acids is 1. The van der Waals surface area contributed by atoms with Crippen LogP contribution in [0.25, 0.3) is 16.6 Å². The highest BCUT2D eigenvalue weighted by Crippen LogP contribution is 2.47. The van der Waals surface area contributed by atoms with Crippen molar-refractivity contribution in [2.45, 2.75) is 55.3 Å². The lowest BCUT2D eigenvalue weighted by Gasteiger charge is -2.42. The second kappa shape index (κ2) is 20.0. The molecule has 0 spiro atoms. The van der Waals surface area contributed by atoms with E-state index in [0.717, 1.165) is 51.0 Å². The van der Waals surface area contributed by atoms with Gasteiger partial charge in [-0.2, -0.15) is 13.2 Å². The maximum Gasteiger partial charge on any atom is 0.501 e. The number of nitrogens with zero attached hydrogens (tertiary/aromatic N) is 4. The average Bonchev–Trinajstić information content (AvgIpc) is 3.78. The molecule has 0 unspecified atom stereocenters. The van der Waals surface area contributed by atoms with E-state index in [0.29, 0.717) is 79.7 Å². The number of hydrogen-bond acceptors (Lipinski definition) is 12. The molecule has 20 heteroatoms. The van der Waals surface area contributed by atoms with Crippen molar-refractivity contribution in [1.82, 2.24) is 24.5 Å². The summed E-state index contributed by atoms with van der Waals surface area (Å²) in [7, 11) is -11.0. The number of benzene rings is 3. The molecule has 1 aliphatic carbocycles. The van der Waals surface area contributed by atoms with Gasteiger partial charge in [0.1, 0.15) is 22.0 Å². The molecule has 68 heavy (non-hydrogen) atoms. The molecule has 1 amide bonds. The number of sulfonamides is 1. The van der Waals surface area contributed by atoms with E-state index in [1.165, 1.54) is 29.0 Å². The Bertz CT molecular complexity index is 2900. The number of sulfone groups is 1. The smallest absolute Gasteiger partial charge is 0.455 e. The predicted molar refractivity (Wildman–Crippen MR) is 257 cm³/mol. The van der Waals surface area contributed by atoms with E-state index in [2.05, 4.69) is 58.0 Å². The van der Waals surface area contributed by atoms with Crippen molar-refractivity contribution in [1.29, 1.82) is 0 Å². The number of morpholine rings is 1. The largest absolute Gasteiger partial charge is 0.501 e. The maximum atomic E-state index is 14.0. The van der Waals surface area contributed by atoms with Crippen molar-refractivity contribution < 1.29 is 44.3 Å². The minimum Gasteiger partial charge on any atom is -0.455 e. The van der Waals surface area contributed by atoms with Crippen LogP contribution >= 0.6 is 11.6 Å². The van der Waals surface area contributed by atoms with Gasteiger partial charge in [0.25, 0.3) is 25.8 Å². The van der Waals surface area contributed by atoms with Crippen molar-refractivity contribution in [3.05, 3.63) is 107 Å². The minimum atomic E-state index is -6.04. The number of H-pyrrole nitrogens is 1. The highest BCUT2D eigenvalue weighted by atomic mass is 35.5. The lowest BCUT2D eigenvalue weighted by atomic mass is 9.66. The van der Waals surface area contributed by atoms with E-state index in [-0.39, 0.29) is 29.0 Å². The quantitative estimate of drug-likeness (QED) is 0.0916. The summed E-state index contributed by atoms with van der Waals surface area (Å²) in [4.78, 5) is 25.8. The Kier molecular flexibility index (Phi) is 14.5. The fourth-order valence-corrected chi connectivity index (χ4v) is 11.2. The molecular formula is C48H55ClF3N7O7S2. The SMILES string of the molecule is CC(C)[C@@]1(C)CCC(c2ccc(Cl)cc2)=C(CN2CCN(c3ccc(C(=O)NS(=O)(=O)c4ccc(NCCN5CCOCC5)c(S(=O)(=O)C(F)(F)F)c4)c(Oc4cnc5[nH]ccc5c4)c3)CC2)C1. The van der Waals surface area contributed by atoms with E-state index in [9.17, 15) is 34.8 Å². The fourth-order valence-electron chi connectivity index (χ4n) is 9.00. The molecule has 5 aromatic rings. The summed E-state index contributed by atoms with van der Waals surface area (Å²) < 4.78 is 109. The second-order valence-electron chi connectivity index (χ2n) is 18.1. The Morgan fingerprint density at radius 3 is 2.38 bits per heavy atom. The number of hydrogen-bond donors (Lipinski definition) is 3. The van der Waals surface area contributed by atoms with Crippen molar-refractivity contribution in [3.8, 4) is 11.5 Å². The summed E-state index contributed by atoms with van der Waals surface area (Å²) in [5.41, 5.74) is -0.904. The monoisotopic (exact) mass is 997 g/mol. The van der Waals surface area contributed by atoms with Gasteiger partial charge in [0, 0.05) is 87.3 Å². The van der Waals surface area contributed by atoms with Gasteiger partial charge >= 0.3 is 5.51 Å². The molecular weight excluding hydrogens is 943 g/mol. The number of aromatic amines is 1. The minimum absolute atomic E-state index is 0.0117. The molecule has 2 fully saturated rings. The van der Waals surface area contributed by atoms with Crippen molar-refractivity contribution in [2.75, 3.05) is 82.3 Å². The van der Waals surface area contributed by atoms with Gasteiger partial charge in [-0.15, -0.1) is 0 Å². The fraction of sp³-hybridized carbons (Fsp3) is 0.417. The molecule has 2 aromatic heterocycles. The molecule has 1 atom stereocenters. The van der Waals surface area contributed by atoms with Gasteiger partial charge in [-0.3, -0.25) is 14.6 Å². The first-order valence-electron chi connectivity index (χ1n) is 22.6. The van der Waals surface area contributed by atoms with E-state index >= 15 is 0 Å². The second-order valence-corrected chi connectivity index (χ2v) is 22.2. The first-order valence-corrected chi connectivity index (χ1v) is 25.9. The van der Waals surface area contributed by atoms with E-state index in [4.69, 9.17) is 21.1 Å². The number of allylic oxidation sites excluding steroid dienone is 1. The lowest BCUT2D eigenvalue weighted by Crippen LogP contribution is -2.47. The summed E-state index contributed by atoms with van der Waals surface area (Å²) in [6.07, 6.45) is 6.25. The van der Waals surface area contributed by atoms with Crippen LogP contribution in [0.15, 0.2) is 101 Å². The van der Waals surface area contributed by atoms with Crippen LogP contribution in [-0.2, 0) is 24.6 Å². The van der Waals surface area contributed by atoms with Crippen LogP contribution in [0.4, 0.5) is 24.5 Å². The number of amides is 1. The van der Waals surface area contributed by atoms with Gasteiger partial charge in [-0.1, -0.05) is 50.1 Å². The number of ether oxygens (including phenoxy) is 2. The molecule has 0 bridgehead atoms. The Hall–Kier alpha value is -5.18. The Morgan fingerprint density at radius 1 is 0.941 bits per heavy atom. The van der Waals surface area contributed by atoms with E-state index < -0.39 is 46.8 Å². The van der Waals surface area contributed by atoms with Gasteiger partial charge in [0.15, 0.2) is 0 Å². The summed E-state index contributed by atoms with van der Waals surface area (Å²) in [6, 6.07) is 18.6. The average molecular weight is 999 g/mol. The molecule has 0 radical (unpaired) electrons. The van der Waals surface area contributed by atoms with Crippen LogP contribution in [-0.4, -0.2) is 120 Å². The molecule has 2 aliphatic heterocycles. The molecule has 2 saturated heterocycles. The van der Waals surface area contributed by atoms with Crippen molar-refractivity contribution >= 4 is 65.3 Å². The zero-order chi connectivity index (χ0) is 48.4. The summed E-state index contributed by atoms with van der Waals surface area (Å²) in [6.45, 7) is 13.1. The third-order valence-corrected chi connectivity index (χ3v) is 16.6. The third-order valence-electron chi connectivity index (χ3n) is 13.5. The zero-order valence-electron chi connectivity index (χ0n) is 38.0. The Morgan fingerprint density at radius 2 is 1.68 bits per heavy atom.